The number of nitro benzene ring substituents is 1. The zero-order chi connectivity index (χ0) is 24.8. The average molecular weight is 512 g/mol. The van der Waals surface area contributed by atoms with Gasteiger partial charge in [0.1, 0.15) is 5.82 Å². The second-order valence-electron chi connectivity index (χ2n) is 7.25. The van der Waals surface area contributed by atoms with Crippen LogP contribution in [-0.4, -0.2) is 43.2 Å². The van der Waals surface area contributed by atoms with Crippen LogP contribution in [0.2, 0.25) is 0 Å². The maximum absolute atomic E-state index is 13.1. The third kappa shape index (κ3) is 4.14. The van der Waals surface area contributed by atoms with Crippen molar-refractivity contribution in [3.8, 4) is 5.69 Å². The number of aromatic nitrogens is 2. The van der Waals surface area contributed by atoms with Gasteiger partial charge in [-0.1, -0.05) is 12.1 Å². The summed E-state index contributed by atoms with van der Waals surface area (Å²) < 4.78 is 75.6. The van der Waals surface area contributed by atoms with Crippen molar-refractivity contribution in [1.82, 2.24) is 9.78 Å². The Morgan fingerprint density at radius 1 is 1.12 bits per heavy atom. The van der Waals surface area contributed by atoms with Gasteiger partial charge in [-0.25, -0.2) is 21.5 Å². The van der Waals surface area contributed by atoms with Crippen LogP contribution in [0.1, 0.15) is 21.6 Å². The number of halogens is 2. The van der Waals surface area contributed by atoms with E-state index in [-0.39, 0.29) is 28.5 Å². The molecule has 178 valence electrons. The van der Waals surface area contributed by atoms with Crippen molar-refractivity contribution in [3.05, 3.63) is 75.5 Å². The van der Waals surface area contributed by atoms with Crippen LogP contribution in [0.5, 0.6) is 0 Å². The first-order valence-corrected chi connectivity index (χ1v) is 12.8. The number of carbonyl (C=O) groups is 1. The molecule has 0 spiro atoms. The van der Waals surface area contributed by atoms with E-state index in [0.29, 0.717) is 0 Å². The van der Waals surface area contributed by atoms with Crippen LogP contribution >= 0.6 is 0 Å². The number of alkyl halides is 2. The van der Waals surface area contributed by atoms with Crippen LogP contribution in [0.25, 0.3) is 5.69 Å². The number of nitrogens with zero attached hydrogens (tertiary/aromatic N) is 3. The lowest BCUT2D eigenvalue weighted by Gasteiger charge is -2.13. The first-order valence-electron chi connectivity index (χ1n) is 9.39. The number of nitrogens with one attached hydrogen (secondary N) is 1. The number of anilines is 1. The fourth-order valence-electron chi connectivity index (χ4n) is 3.45. The lowest BCUT2D eigenvalue weighted by atomic mass is 10.2. The molecule has 3 aromatic rings. The number of carbonyl (C=O) groups excluding carboxylic acids is 1. The van der Waals surface area contributed by atoms with Gasteiger partial charge in [-0.2, -0.15) is 13.9 Å². The average Bonchev–Trinajstić information content (AvgIpc) is 3.25. The minimum absolute atomic E-state index is 0.126. The summed E-state index contributed by atoms with van der Waals surface area (Å²) in [6.45, 7) is 0. The molecule has 15 heteroatoms. The third-order valence-corrected chi connectivity index (χ3v) is 7.88. The summed E-state index contributed by atoms with van der Waals surface area (Å²) in [6.07, 6.45) is 0. The Hall–Kier alpha value is -3.72. The highest BCUT2D eigenvalue weighted by atomic mass is 32.2. The molecule has 1 amide bonds. The number of benzene rings is 2. The van der Waals surface area contributed by atoms with Crippen molar-refractivity contribution >= 4 is 37.1 Å². The van der Waals surface area contributed by atoms with Crippen molar-refractivity contribution in [3.63, 3.8) is 0 Å². The number of amides is 1. The van der Waals surface area contributed by atoms with E-state index in [1.165, 1.54) is 36.4 Å². The number of rotatable bonds is 6. The molecule has 0 aliphatic carbocycles. The van der Waals surface area contributed by atoms with E-state index < -0.39 is 58.2 Å². The molecule has 0 radical (unpaired) electrons. The Morgan fingerprint density at radius 3 is 2.38 bits per heavy atom. The molecule has 2 heterocycles. The van der Waals surface area contributed by atoms with Gasteiger partial charge >= 0.3 is 5.76 Å². The van der Waals surface area contributed by atoms with Crippen LogP contribution < -0.4 is 5.32 Å². The molecular weight excluding hydrogens is 498 g/mol. The van der Waals surface area contributed by atoms with Crippen molar-refractivity contribution in [1.29, 1.82) is 0 Å². The Bertz CT molecular complexity index is 1530. The summed E-state index contributed by atoms with van der Waals surface area (Å²) in [5.74, 6) is -5.86. The largest absolute Gasteiger partial charge is 0.341 e. The molecule has 4 rings (SSSR count). The van der Waals surface area contributed by atoms with Gasteiger partial charge < -0.3 is 5.32 Å². The molecule has 34 heavy (non-hydrogen) atoms. The highest BCUT2D eigenvalue weighted by Gasteiger charge is 2.35. The summed E-state index contributed by atoms with van der Waals surface area (Å²) in [7, 11) is -8.67. The van der Waals surface area contributed by atoms with Crippen molar-refractivity contribution in [2.75, 3.05) is 5.32 Å². The van der Waals surface area contributed by atoms with Gasteiger partial charge in [0.05, 0.1) is 38.3 Å². The Balaban J connectivity index is 1.80. The van der Waals surface area contributed by atoms with E-state index >= 15 is 0 Å². The van der Waals surface area contributed by atoms with E-state index in [1.807, 2.05) is 0 Å². The maximum atomic E-state index is 13.1. The van der Waals surface area contributed by atoms with Crippen LogP contribution in [0.4, 0.5) is 20.3 Å². The first kappa shape index (κ1) is 23.4. The molecule has 1 N–H and O–H groups in total. The van der Waals surface area contributed by atoms with E-state index in [4.69, 9.17) is 0 Å². The number of sulfone groups is 2. The number of nitro groups is 1. The summed E-state index contributed by atoms with van der Waals surface area (Å²) in [5, 5.41) is 17.5. The fourth-order valence-corrected chi connectivity index (χ4v) is 5.87. The molecule has 0 bridgehead atoms. The number of non-ortho nitro benzene ring substituents is 1. The molecule has 0 fully saturated rings. The van der Waals surface area contributed by atoms with Gasteiger partial charge in [-0.15, -0.1) is 0 Å². The van der Waals surface area contributed by atoms with Gasteiger partial charge in [0.25, 0.3) is 11.6 Å². The summed E-state index contributed by atoms with van der Waals surface area (Å²) in [4.78, 5) is 22.4. The van der Waals surface area contributed by atoms with Crippen LogP contribution in [0, 0.1) is 10.1 Å². The normalized spacial score (nSPS) is 14.7. The van der Waals surface area contributed by atoms with Crippen LogP contribution in [0.3, 0.4) is 0 Å². The quantitative estimate of drug-likeness (QED) is 0.390. The second kappa shape index (κ2) is 8.25. The zero-order valence-electron chi connectivity index (χ0n) is 16.9. The smallest absolute Gasteiger partial charge is 0.306 e. The topological polar surface area (TPSA) is 158 Å². The van der Waals surface area contributed by atoms with Crippen molar-refractivity contribution < 1.29 is 35.3 Å². The summed E-state index contributed by atoms with van der Waals surface area (Å²) in [5.41, 5.74) is -0.291. The minimum Gasteiger partial charge on any atom is -0.306 e. The molecule has 0 saturated carbocycles. The number of hydrogen-bond donors (Lipinski definition) is 1. The molecule has 11 nitrogen and oxygen atoms in total. The molecule has 0 unspecified atom stereocenters. The molecule has 2 aromatic carbocycles. The Morgan fingerprint density at radius 2 is 1.76 bits per heavy atom. The molecule has 1 aliphatic rings. The van der Waals surface area contributed by atoms with E-state index in [1.54, 1.807) is 0 Å². The maximum Gasteiger partial charge on any atom is 0.341 e. The Kier molecular flexibility index (Phi) is 5.69. The van der Waals surface area contributed by atoms with Gasteiger partial charge in [-0.3, -0.25) is 14.9 Å². The highest BCUT2D eigenvalue weighted by molar-refractivity contribution is 7.91. The monoisotopic (exact) mass is 512 g/mol. The van der Waals surface area contributed by atoms with Crippen LogP contribution in [0.15, 0.2) is 53.4 Å². The fraction of sp³-hybridized carbons (Fsp3) is 0.158. The number of hydrogen-bond acceptors (Lipinski definition) is 8. The van der Waals surface area contributed by atoms with E-state index in [0.717, 1.165) is 16.8 Å². The van der Waals surface area contributed by atoms with Crippen molar-refractivity contribution in [2.45, 2.75) is 22.2 Å². The van der Waals surface area contributed by atoms with Gasteiger partial charge in [0.2, 0.25) is 9.84 Å². The summed E-state index contributed by atoms with van der Waals surface area (Å²) in [6, 6.07) is 9.34. The molecule has 0 saturated heterocycles. The van der Waals surface area contributed by atoms with Gasteiger partial charge in [0, 0.05) is 17.7 Å². The SMILES string of the molecule is O=C(Nc1c2c(nn1-c1ccc([N+](=O)[O-])cc1)CS(=O)(=O)C2)c1ccccc1S(=O)(=O)C(F)F. The predicted molar refractivity (Wildman–Crippen MR) is 114 cm³/mol. The molecular formula is C19H14F2N4O7S2. The highest BCUT2D eigenvalue weighted by Crippen LogP contribution is 2.34. The predicted octanol–water partition coefficient (Wildman–Crippen LogP) is 2.46. The minimum atomic E-state index is -5.11. The first-order chi connectivity index (χ1) is 15.9. The summed E-state index contributed by atoms with van der Waals surface area (Å²) >= 11 is 0. The second-order valence-corrected chi connectivity index (χ2v) is 11.2. The third-order valence-electron chi connectivity index (χ3n) is 5.00. The Labute approximate surface area is 191 Å². The standard InChI is InChI=1S/C19H14F2N4O7S2/c20-19(21)34(31,32)16-4-2-1-3-13(16)18(26)22-17-14-9-33(29,30)10-15(14)23-24(17)11-5-7-12(8-6-11)25(27)28/h1-8,19H,9-10H2,(H,22,26). The van der Waals surface area contributed by atoms with Crippen LogP contribution in [-0.2, 0) is 31.2 Å². The zero-order valence-corrected chi connectivity index (χ0v) is 18.5. The lowest BCUT2D eigenvalue weighted by Crippen LogP contribution is -2.21. The molecule has 1 aliphatic heterocycles. The number of fused-ring (bicyclic) bond motifs is 1. The van der Waals surface area contributed by atoms with E-state index in [9.17, 15) is 40.5 Å². The molecule has 0 atom stereocenters. The van der Waals surface area contributed by atoms with Crippen molar-refractivity contribution in [2.24, 2.45) is 0 Å². The molecule has 1 aromatic heterocycles. The lowest BCUT2D eigenvalue weighted by molar-refractivity contribution is -0.384. The van der Waals surface area contributed by atoms with Gasteiger partial charge in [0.15, 0.2) is 9.84 Å². The van der Waals surface area contributed by atoms with Gasteiger partial charge in [-0.05, 0) is 24.3 Å². The van der Waals surface area contributed by atoms with E-state index in [2.05, 4.69) is 10.4 Å².